The second-order valence-electron chi connectivity index (χ2n) is 4.29. The summed E-state index contributed by atoms with van der Waals surface area (Å²) in [5, 5.41) is 1.28. The largest absolute Gasteiger partial charge is 0.193 e. The maximum atomic E-state index is 6.72. The van der Waals surface area contributed by atoms with Gasteiger partial charge in [0, 0.05) is 0 Å². The van der Waals surface area contributed by atoms with Gasteiger partial charge >= 0.3 is 0 Å². The third kappa shape index (κ3) is 1.94. The molecule has 76 valence electrons. The topological polar surface area (TPSA) is 0 Å². The lowest BCUT2D eigenvalue weighted by Gasteiger charge is -2.35. The van der Waals surface area contributed by atoms with Crippen molar-refractivity contribution in [2.24, 2.45) is 0 Å². The van der Waals surface area contributed by atoms with E-state index in [1.165, 1.54) is 5.19 Å². The molecule has 0 aliphatic carbocycles. The van der Waals surface area contributed by atoms with Crippen LogP contribution < -0.4 is 5.19 Å². The van der Waals surface area contributed by atoms with Crippen LogP contribution in [0.2, 0.25) is 11.6 Å². The molecule has 1 aromatic rings. The Kier molecular flexibility index (Phi) is 3.23. The van der Waals surface area contributed by atoms with Crippen molar-refractivity contribution in [3.05, 3.63) is 43.0 Å². The SMILES string of the molecule is C=CC(C)(C)[Si](C)(Cl)c1ccccc1. The van der Waals surface area contributed by atoms with Crippen LogP contribution >= 0.6 is 11.1 Å². The summed E-state index contributed by atoms with van der Waals surface area (Å²) >= 11 is 6.72. The third-order valence-corrected chi connectivity index (χ3v) is 9.19. The van der Waals surface area contributed by atoms with Gasteiger partial charge in [0.1, 0.15) is 0 Å². The van der Waals surface area contributed by atoms with Gasteiger partial charge in [0.15, 0.2) is 7.38 Å². The van der Waals surface area contributed by atoms with E-state index in [1.807, 2.05) is 24.3 Å². The van der Waals surface area contributed by atoms with Crippen molar-refractivity contribution in [3.8, 4) is 0 Å². The number of hydrogen-bond donors (Lipinski definition) is 0. The first-order valence-electron chi connectivity index (χ1n) is 4.80. The summed E-state index contributed by atoms with van der Waals surface area (Å²) in [4.78, 5) is 0. The molecule has 0 spiro atoms. The average Bonchev–Trinajstić information content (AvgIpc) is 2.19. The molecule has 0 aliphatic heterocycles. The van der Waals surface area contributed by atoms with Crippen LogP contribution in [0.3, 0.4) is 0 Å². The van der Waals surface area contributed by atoms with Gasteiger partial charge < -0.3 is 0 Å². The highest BCUT2D eigenvalue weighted by molar-refractivity contribution is 7.28. The predicted molar refractivity (Wildman–Crippen MR) is 67.8 cm³/mol. The van der Waals surface area contributed by atoms with Crippen LogP contribution in [0.1, 0.15) is 13.8 Å². The molecule has 1 unspecified atom stereocenters. The lowest BCUT2D eigenvalue weighted by Crippen LogP contribution is -2.47. The van der Waals surface area contributed by atoms with E-state index in [0.717, 1.165) is 0 Å². The van der Waals surface area contributed by atoms with E-state index >= 15 is 0 Å². The predicted octanol–water partition coefficient (Wildman–Crippen LogP) is 3.67. The lowest BCUT2D eigenvalue weighted by atomic mass is 10.2. The molecular formula is C12H17ClSi. The van der Waals surface area contributed by atoms with Crippen LogP contribution in [0.25, 0.3) is 0 Å². The van der Waals surface area contributed by atoms with Crippen LogP contribution in [0.15, 0.2) is 43.0 Å². The molecule has 0 heterocycles. The van der Waals surface area contributed by atoms with Crippen molar-refractivity contribution < 1.29 is 0 Å². The van der Waals surface area contributed by atoms with E-state index in [4.69, 9.17) is 11.1 Å². The van der Waals surface area contributed by atoms with E-state index in [2.05, 4.69) is 39.1 Å². The monoisotopic (exact) mass is 224 g/mol. The van der Waals surface area contributed by atoms with Crippen molar-refractivity contribution >= 4 is 23.6 Å². The second-order valence-corrected chi connectivity index (χ2v) is 10.4. The molecule has 1 aromatic carbocycles. The van der Waals surface area contributed by atoms with Crippen molar-refractivity contribution in [1.29, 1.82) is 0 Å². The van der Waals surface area contributed by atoms with Crippen molar-refractivity contribution in [3.63, 3.8) is 0 Å². The Bertz CT molecular complexity index is 314. The first-order valence-corrected chi connectivity index (χ1v) is 8.31. The van der Waals surface area contributed by atoms with Gasteiger partial charge in [0.2, 0.25) is 0 Å². The van der Waals surface area contributed by atoms with Gasteiger partial charge in [-0.15, -0.1) is 6.58 Å². The molecule has 0 aliphatic rings. The van der Waals surface area contributed by atoms with Gasteiger partial charge in [0.25, 0.3) is 0 Å². The Labute approximate surface area is 92.3 Å². The van der Waals surface area contributed by atoms with Gasteiger partial charge in [0.05, 0.1) is 0 Å². The summed E-state index contributed by atoms with van der Waals surface area (Å²) in [6.07, 6.45) is 1.97. The van der Waals surface area contributed by atoms with Crippen molar-refractivity contribution in [2.75, 3.05) is 0 Å². The molecule has 1 atom stereocenters. The van der Waals surface area contributed by atoms with Crippen LogP contribution in [-0.4, -0.2) is 7.38 Å². The zero-order valence-corrected chi connectivity index (χ0v) is 10.8. The minimum Gasteiger partial charge on any atom is -0.160 e. The number of benzene rings is 1. The summed E-state index contributed by atoms with van der Waals surface area (Å²) in [6, 6.07) is 10.3. The highest BCUT2D eigenvalue weighted by Crippen LogP contribution is 2.40. The van der Waals surface area contributed by atoms with Crippen molar-refractivity contribution in [2.45, 2.75) is 25.4 Å². The first kappa shape index (κ1) is 11.5. The zero-order chi connectivity index (χ0) is 10.8. The fourth-order valence-corrected chi connectivity index (χ4v) is 3.87. The molecular weight excluding hydrogens is 208 g/mol. The maximum Gasteiger partial charge on any atom is 0.193 e. The molecule has 0 nitrogen and oxygen atoms in total. The summed E-state index contributed by atoms with van der Waals surface area (Å²) < 4.78 is 0. The standard InChI is InChI=1S/C12H17ClSi/c1-5-12(2,3)14(4,13)11-9-7-6-8-10-11/h5-10H,1H2,2-4H3. The minimum absolute atomic E-state index is 0.00983. The van der Waals surface area contributed by atoms with Gasteiger partial charge in [-0.1, -0.05) is 56.8 Å². The molecule has 0 radical (unpaired) electrons. The van der Waals surface area contributed by atoms with E-state index < -0.39 is 7.38 Å². The highest BCUT2D eigenvalue weighted by Gasteiger charge is 2.41. The van der Waals surface area contributed by atoms with Crippen LogP contribution in [0.5, 0.6) is 0 Å². The summed E-state index contributed by atoms with van der Waals surface area (Å²) in [7, 11) is -1.95. The van der Waals surface area contributed by atoms with E-state index in [-0.39, 0.29) is 5.04 Å². The number of hydrogen-bond acceptors (Lipinski definition) is 0. The minimum atomic E-state index is -1.95. The van der Waals surface area contributed by atoms with E-state index in [1.54, 1.807) is 0 Å². The Balaban J connectivity index is 3.14. The van der Waals surface area contributed by atoms with Crippen molar-refractivity contribution in [1.82, 2.24) is 0 Å². The molecule has 0 N–H and O–H groups in total. The Morgan fingerprint density at radius 2 is 1.79 bits per heavy atom. The van der Waals surface area contributed by atoms with E-state index in [0.29, 0.717) is 0 Å². The Morgan fingerprint density at radius 3 is 2.21 bits per heavy atom. The molecule has 0 saturated heterocycles. The zero-order valence-electron chi connectivity index (χ0n) is 9.05. The number of allylic oxidation sites excluding steroid dienone is 1. The highest BCUT2D eigenvalue weighted by atomic mass is 35.6. The molecule has 0 amide bonds. The average molecular weight is 225 g/mol. The number of rotatable bonds is 3. The third-order valence-electron chi connectivity index (χ3n) is 3.04. The fraction of sp³-hybridized carbons (Fsp3) is 0.333. The molecule has 0 bridgehead atoms. The van der Waals surface area contributed by atoms with Crippen LogP contribution in [-0.2, 0) is 0 Å². The van der Waals surface area contributed by atoms with Crippen LogP contribution in [0.4, 0.5) is 0 Å². The Morgan fingerprint density at radius 1 is 1.29 bits per heavy atom. The summed E-state index contributed by atoms with van der Waals surface area (Å²) in [5.74, 6) is 0. The van der Waals surface area contributed by atoms with Crippen LogP contribution in [0, 0.1) is 0 Å². The molecule has 14 heavy (non-hydrogen) atoms. The molecule has 0 fully saturated rings. The second kappa shape index (κ2) is 3.91. The maximum absolute atomic E-state index is 6.72. The smallest absolute Gasteiger partial charge is 0.160 e. The molecule has 1 rings (SSSR count). The molecule has 0 saturated carbocycles. The number of halogens is 1. The van der Waals surface area contributed by atoms with E-state index in [9.17, 15) is 0 Å². The van der Waals surface area contributed by atoms with Gasteiger partial charge in [-0.05, 0) is 10.2 Å². The lowest BCUT2D eigenvalue weighted by molar-refractivity contribution is 0.833. The Hall–Kier alpha value is -0.533. The summed E-state index contributed by atoms with van der Waals surface area (Å²) in [5.41, 5.74) is 0. The fourth-order valence-electron chi connectivity index (χ4n) is 1.31. The molecule has 2 heteroatoms. The molecule has 0 aromatic heterocycles. The van der Waals surface area contributed by atoms with Gasteiger partial charge in [-0.25, -0.2) is 0 Å². The summed E-state index contributed by atoms with van der Waals surface area (Å²) in [6.45, 7) is 10.4. The quantitative estimate of drug-likeness (QED) is 0.418. The first-order chi connectivity index (χ1) is 6.42. The normalized spacial score (nSPS) is 16.0. The van der Waals surface area contributed by atoms with Gasteiger partial charge in [-0.2, -0.15) is 11.1 Å². The van der Waals surface area contributed by atoms with Gasteiger partial charge in [-0.3, -0.25) is 0 Å².